The van der Waals surface area contributed by atoms with Crippen molar-refractivity contribution in [3.63, 3.8) is 0 Å². The van der Waals surface area contributed by atoms with Crippen LogP contribution in [0.2, 0.25) is 0 Å². The number of hydrogen-bond donors (Lipinski definition) is 3. The van der Waals surface area contributed by atoms with Crippen LogP contribution in [0.4, 0.5) is 0 Å². The molecular formula is C19H22N4O3. The van der Waals surface area contributed by atoms with Crippen LogP contribution in [0, 0.1) is 0 Å². The minimum Gasteiger partial charge on any atom is -0.494 e. The molecule has 0 saturated heterocycles. The third kappa shape index (κ3) is 2.31. The van der Waals surface area contributed by atoms with E-state index in [-0.39, 0.29) is 18.0 Å². The Hall–Kier alpha value is -2.80. The number of H-pyrrole nitrogens is 2. The van der Waals surface area contributed by atoms with Crippen LogP contribution < -0.4 is 11.2 Å². The lowest BCUT2D eigenvalue weighted by molar-refractivity contribution is 0.214. The van der Waals surface area contributed by atoms with Crippen molar-refractivity contribution in [2.75, 3.05) is 13.1 Å². The van der Waals surface area contributed by atoms with Gasteiger partial charge in [-0.2, -0.15) is 0 Å². The van der Waals surface area contributed by atoms with Gasteiger partial charge in [0.25, 0.3) is 5.56 Å². The molecule has 7 nitrogen and oxygen atoms in total. The predicted octanol–water partition coefficient (Wildman–Crippen LogP) is 1.71. The Bertz CT molecular complexity index is 1090. The van der Waals surface area contributed by atoms with Crippen LogP contribution in [0.5, 0.6) is 5.88 Å². The molecule has 1 aliphatic heterocycles. The van der Waals surface area contributed by atoms with E-state index in [4.69, 9.17) is 0 Å². The molecule has 0 radical (unpaired) electrons. The fourth-order valence-corrected chi connectivity index (χ4v) is 4.07. The van der Waals surface area contributed by atoms with Gasteiger partial charge in [-0.3, -0.25) is 19.2 Å². The predicted molar refractivity (Wildman–Crippen MR) is 99.8 cm³/mol. The lowest BCUT2D eigenvalue weighted by atomic mass is 9.93. The summed E-state index contributed by atoms with van der Waals surface area (Å²) in [6.45, 7) is 5.58. The van der Waals surface area contributed by atoms with Crippen LogP contribution >= 0.6 is 0 Å². The van der Waals surface area contributed by atoms with E-state index in [1.807, 2.05) is 25.1 Å². The van der Waals surface area contributed by atoms with Gasteiger partial charge in [0.1, 0.15) is 5.56 Å². The lowest BCUT2D eigenvalue weighted by Crippen LogP contribution is -2.41. The maximum atomic E-state index is 12.6. The van der Waals surface area contributed by atoms with Gasteiger partial charge in [-0.25, -0.2) is 4.79 Å². The second kappa shape index (κ2) is 6.17. The molecule has 0 saturated carbocycles. The summed E-state index contributed by atoms with van der Waals surface area (Å²) in [7, 11) is 0. The zero-order valence-corrected chi connectivity index (χ0v) is 14.9. The van der Waals surface area contributed by atoms with E-state index in [0.29, 0.717) is 0 Å². The van der Waals surface area contributed by atoms with Crippen LogP contribution in [0.25, 0.3) is 10.9 Å². The van der Waals surface area contributed by atoms with Crippen molar-refractivity contribution >= 4 is 10.9 Å². The fourth-order valence-electron chi connectivity index (χ4n) is 4.07. The number of fused-ring (bicyclic) bond motifs is 3. The molecule has 3 aromatic rings. The Morgan fingerprint density at radius 1 is 1.15 bits per heavy atom. The molecule has 3 heterocycles. The van der Waals surface area contributed by atoms with Gasteiger partial charge in [-0.1, -0.05) is 25.1 Å². The van der Waals surface area contributed by atoms with Crippen molar-refractivity contribution in [1.29, 1.82) is 0 Å². The first kappa shape index (κ1) is 16.7. The smallest absolute Gasteiger partial charge is 0.331 e. The molecule has 1 aliphatic rings. The number of hydrogen-bond acceptors (Lipinski definition) is 4. The van der Waals surface area contributed by atoms with E-state index < -0.39 is 17.3 Å². The number of aromatic nitrogens is 3. The molecule has 0 fully saturated rings. The highest BCUT2D eigenvalue weighted by molar-refractivity contribution is 5.85. The molecule has 0 amide bonds. The lowest BCUT2D eigenvalue weighted by Gasteiger charge is -2.35. The van der Waals surface area contributed by atoms with E-state index in [1.165, 1.54) is 10.1 Å². The molecule has 2 aromatic heterocycles. The number of nitrogens with one attached hydrogen (secondary N) is 2. The van der Waals surface area contributed by atoms with Crippen molar-refractivity contribution < 1.29 is 5.11 Å². The first-order valence-electron chi connectivity index (χ1n) is 8.96. The van der Waals surface area contributed by atoms with Gasteiger partial charge in [0.15, 0.2) is 0 Å². The minimum absolute atomic E-state index is 0.223. The molecule has 7 heteroatoms. The molecule has 3 N–H and O–H groups in total. The number of benzene rings is 1. The normalized spacial score (nSPS) is 17.5. The zero-order valence-electron chi connectivity index (χ0n) is 14.9. The fraction of sp³-hybridized carbons (Fsp3) is 0.368. The number of nitrogens with zero attached hydrogens (tertiary/aromatic N) is 2. The summed E-state index contributed by atoms with van der Waals surface area (Å²) in [5, 5.41) is 11.9. The highest BCUT2D eigenvalue weighted by Crippen LogP contribution is 2.39. The van der Waals surface area contributed by atoms with Crippen LogP contribution in [-0.2, 0) is 13.0 Å². The highest BCUT2D eigenvalue weighted by atomic mass is 16.3. The molecule has 1 aromatic carbocycles. The van der Waals surface area contributed by atoms with Gasteiger partial charge in [0.2, 0.25) is 5.88 Å². The van der Waals surface area contributed by atoms with Gasteiger partial charge in [0, 0.05) is 29.7 Å². The summed E-state index contributed by atoms with van der Waals surface area (Å²) in [5.41, 5.74) is 2.20. The third-order valence-corrected chi connectivity index (χ3v) is 5.34. The quantitative estimate of drug-likeness (QED) is 0.667. The summed E-state index contributed by atoms with van der Waals surface area (Å²) in [6.07, 6.45) is 0.871. The van der Waals surface area contributed by atoms with Gasteiger partial charge < -0.3 is 10.1 Å². The van der Waals surface area contributed by atoms with Gasteiger partial charge >= 0.3 is 5.69 Å². The van der Waals surface area contributed by atoms with Gasteiger partial charge in [0.05, 0.1) is 6.04 Å². The third-order valence-electron chi connectivity index (χ3n) is 5.34. The molecule has 4 rings (SSSR count). The van der Waals surface area contributed by atoms with E-state index in [2.05, 4.69) is 20.9 Å². The maximum absolute atomic E-state index is 12.6. The van der Waals surface area contributed by atoms with Crippen LogP contribution in [0.3, 0.4) is 0 Å². The van der Waals surface area contributed by atoms with Crippen LogP contribution in [0.1, 0.15) is 36.7 Å². The molecule has 1 unspecified atom stereocenters. The topological polar surface area (TPSA) is 94.1 Å². The number of aromatic hydroxyl groups is 1. The standard InChI is InChI=1S/C19H22N4O3/c1-3-22-10-9-12-11-7-5-6-8-13(11)20-15(12)16(22)14-17(24)21-19(26)23(4-2)18(14)25/h5-8,16,20,25H,3-4,9-10H2,1-2H3,(H,21,24,26). The van der Waals surface area contributed by atoms with Crippen molar-refractivity contribution in [3.05, 3.63) is 61.9 Å². The Kier molecular flexibility index (Phi) is 3.96. The Labute approximate surface area is 149 Å². The summed E-state index contributed by atoms with van der Waals surface area (Å²) in [5.74, 6) is -0.254. The average Bonchev–Trinajstić information content (AvgIpc) is 3.00. The number of aromatic amines is 2. The number of rotatable bonds is 3. The van der Waals surface area contributed by atoms with Gasteiger partial charge in [-0.15, -0.1) is 0 Å². The van der Waals surface area contributed by atoms with Crippen molar-refractivity contribution in [1.82, 2.24) is 19.4 Å². The molecule has 136 valence electrons. The maximum Gasteiger partial charge on any atom is 0.331 e. The van der Waals surface area contributed by atoms with E-state index in [1.54, 1.807) is 6.92 Å². The van der Waals surface area contributed by atoms with E-state index in [0.717, 1.165) is 36.1 Å². The number of likely N-dealkylation sites (N-methyl/N-ethyl adjacent to an activating group) is 1. The Morgan fingerprint density at radius 2 is 1.92 bits per heavy atom. The molecule has 1 atom stereocenters. The van der Waals surface area contributed by atoms with Crippen LogP contribution in [0.15, 0.2) is 33.9 Å². The largest absolute Gasteiger partial charge is 0.494 e. The average molecular weight is 354 g/mol. The van der Waals surface area contributed by atoms with Gasteiger partial charge in [-0.05, 0) is 31.5 Å². The van der Waals surface area contributed by atoms with E-state index in [9.17, 15) is 14.7 Å². The molecule has 0 spiro atoms. The summed E-state index contributed by atoms with van der Waals surface area (Å²) in [6, 6.07) is 7.63. The summed E-state index contributed by atoms with van der Waals surface area (Å²) in [4.78, 5) is 32.6. The first-order chi connectivity index (χ1) is 12.6. The SMILES string of the molecule is CCN1CCc2c([nH]c3ccccc23)C1c1c(O)n(CC)c(=O)[nH]c1=O. The zero-order chi connectivity index (χ0) is 18.4. The van der Waals surface area contributed by atoms with E-state index >= 15 is 0 Å². The first-order valence-corrected chi connectivity index (χ1v) is 8.96. The van der Waals surface area contributed by atoms with Crippen LogP contribution in [-0.4, -0.2) is 37.6 Å². The second-order valence-electron chi connectivity index (χ2n) is 6.58. The molecule has 26 heavy (non-hydrogen) atoms. The second-order valence-corrected chi connectivity index (χ2v) is 6.58. The van der Waals surface area contributed by atoms with Crippen molar-refractivity contribution in [2.45, 2.75) is 32.9 Å². The number of para-hydroxylation sites is 1. The van der Waals surface area contributed by atoms with Crippen molar-refractivity contribution in [3.8, 4) is 5.88 Å². The molecule has 0 bridgehead atoms. The monoisotopic (exact) mass is 354 g/mol. The van der Waals surface area contributed by atoms with Crippen molar-refractivity contribution in [2.24, 2.45) is 0 Å². The molecular weight excluding hydrogens is 332 g/mol. The Balaban J connectivity index is 2.02. The minimum atomic E-state index is -0.588. The summed E-state index contributed by atoms with van der Waals surface area (Å²) < 4.78 is 1.20. The Morgan fingerprint density at radius 3 is 2.65 bits per heavy atom. The molecule has 0 aliphatic carbocycles. The highest BCUT2D eigenvalue weighted by Gasteiger charge is 2.35. The summed E-state index contributed by atoms with van der Waals surface area (Å²) >= 11 is 0.